The number of piperidine rings is 2. The van der Waals surface area contributed by atoms with E-state index in [4.69, 9.17) is 37.4 Å². The maximum atomic E-state index is 12.1. The highest BCUT2D eigenvalue weighted by molar-refractivity contribution is 6.35. The quantitative estimate of drug-likeness (QED) is 0.107. The molecule has 0 radical (unpaired) electrons. The molecule has 11 nitrogen and oxygen atoms in total. The third kappa shape index (κ3) is 11.2. The minimum absolute atomic E-state index is 0.0298. The van der Waals surface area contributed by atoms with Crippen LogP contribution in [0.25, 0.3) is 11.1 Å². The van der Waals surface area contributed by atoms with Crippen molar-refractivity contribution in [3.05, 3.63) is 105 Å². The summed E-state index contributed by atoms with van der Waals surface area (Å²) in [5, 5.41) is 23.2. The Labute approximate surface area is 344 Å². The molecule has 2 fully saturated rings. The van der Waals surface area contributed by atoms with Crippen molar-refractivity contribution in [1.29, 1.82) is 5.26 Å². The van der Waals surface area contributed by atoms with Gasteiger partial charge in [0, 0.05) is 74.3 Å². The average molecular weight is 815 g/mol. The Kier molecular flexibility index (Phi) is 14.7. The summed E-state index contributed by atoms with van der Waals surface area (Å²) in [6.07, 6.45) is 8.27. The van der Waals surface area contributed by atoms with E-state index in [-0.39, 0.29) is 25.2 Å². The highest BCUT2D eigenvalue weighted by Gasteiger charge is 2.29. The van der Waals surface area contributed by atoms with Gasteiger partial charge in [0.15, 0.2) is 0 Å². The number of hydrogen-bond acceptors (Lipinski definition) is 9. The summed E-state index contributed by atoms with van der Waals surface area (Å²) in [4.78, 5) is 32.0. The molecule has 3 aromatic carbocycles. The van der Waals surface area contributed by atoms with Crippen molar-refractivity contribution in [3.63, 3.8) is 0 Å². The molecular weight excluding hydrogens is 765 g/mol. The van der Waals surface area contributed by atoms with Crippen molar-refractivity contribution in [2.45, 2.75) is 84.2 Å². The number of amides is 1. The first kappa shape index (κ1) is 41.8. The van der Waals surface area contributed by atoms with E-state index in [1.165, 1.54) is 6.20 Å². The number of hydrogen-bond donors (Lipinski definition) is 2. The van der Waals surface area contributed by atoms with Crippen molar-refractivity contribution < 1.29 is 28.9 Å². The number of nitriles is 1. The molecule has 13 heteroatoms. The third-order valence-corrected chi connectivity index (χ3v) is 11.3. The van der Waals surface area contributed by atoms with Crippen LogP contribution in [0.4, 0.5) is 0 Å². The van der Waals surface area contributed by atoms with E-state index in [1.54, 1.807) is 31.3 Å². The lowest BCUT2D eigenvalue weighted by Crippen LogP contribution is -2.44. The Bertz CT molecular complexity index is 2080. The Morgan fingerprint density at radius 1 is 0.912 bits per heavy atom. The molecule has 57 heavy (non-hydrogen) atoms. The summed E-state index contributed by atoms with van der Waals surface area (Å²) in [5.41, 5.74) is 5.64. The summed E-state index contributed by atoms with van der Waals surface area (Å²) in [5.74, 6) is 0.745. The van der Waals surface area contributed by atoms with Gasteiger partial charge in [-0.25, -0.2) is 0 Å². The number of carbonyl (C=O) groups is 2. The van der Waals surface area contributed by atoms with E-state index in [9.17, 15) is 20.0 Å². The first-order chi connectivity index (χ1) is 27.6. The van der Waals surface area contributed by atoms with Gasteiger partial charge in [0.05, 0.1) is 22.2 Å². The zero-order chi connectivity index (χ0) is 40.3. The smallest absolute Gasteiger partial charge is 0.320 e. The first-order valence-electron chi connectivity index (χ1n) is 19.5. The fourth-order valence-electron chi connectivity index (χ4n) is 7.59. The number of aliphatic carboxylic acids is 1. The molecule has 2 aliphatic heterocycles. The van der Waals surface area contributed by atoms with Gasteiger partial charge in [-0.15, -0.1) is 0 Å². The number of aromatic nitrogens is 1. The van der Waals surface area contributed by atoms with Gasteiger partial charge in [0.1, 0.15) is 42.6 Å². The number of benzene rings is 3. The average Bonchev–Trinajstić information content (AvgIpc) is 3.20. The fraction of sp³-hybridized carbons (Fsp3) is 0.409. The van der Waals surface area contributed by atoms with E-state index in [0.717, 1.165) is 85.1 Å². The lowest BCUT2D eigenvalue weighted by molar-refractivity contribution is -0.144. The number of halogens is 2. The van der Waals surface area contributed by atoms with Crippen LogP contribution in [0.15, 0.2) is 67.0 Å². The van der Waals surface area contributed by atoms with Crippen molar-refractivity contribution >= 4 is 35.1 Å². The van der Waals surface area contributed by atoms with Crippen LogP contribution in [-0.2, 0) is 29.3 Å². The van der Waals surface area contributed by atoms with Crippen LogP contribution in [-0.4, -0.2) is 76.6 Å². The summed E-state index contributed by atoms with van der Waals surface area (Å²) in [6.45, 7) is 8.32. The van der Waals surface area contributed by atoms with Gasteiger partial charge in [-0.3, -0.25) is 19.5 Å². The van der Waals surface area contributed by atoms with Crippen molar-refractivity contribution in [2.24, 2.45) is 0 Å². The van der Waals surface area contributed by atoms with E-state index in [1.807, 2.05) is 48.2 Å². The van der Waals surface area contributed by atoms with Gasteiger partial charge in [0.2, 0.25) is 5.91 Å². The number of nitrogens with one attached hydrogen (secondary N) is 1. The summed E-state index contributed by atoms with van der Waals surface area (Å²) < 4.78 is 18.9. The maximum absolute atomic E-state index is 12.1. The van der Waals surface area contributed by atoms with Crippen LogP contribution in [0.1, 0.15) is 73.3 Å². The number of nitrogens with zero attached hydrogens (tertiary/aromatic N) is 4. The van der Waals surface area contributed by atoms with Gasteiger partial charge in [-0.1, -0.05) is 60.0 Å². The van der Waals surface area contributed by atoms with Crippen LogP contribution < -0.4 is 19.5 Å². The van der Waals surface area contributed by atoms with Crippen molar-refractivity contribution in [2.75, 3.05) is 32.8 Å². The number of carbonyl (C=O) groups excluding carboxylic acids is 1. The minimum Gasteiger partial charge on any atom is -0.492 e. The van der Waals surface area contributed by atoms with Crippen LogP contribution >= 0.6 is 23.2 Å². The number of carboxylic acids is 1. The molecule has 300 valence electrons. The van der Waals surface area contributed by atoms with Gasteiger partial charge < -0.3 is 29.5 Å². The minimum atomic E-state index is -0.843. The Morgan fingerprint density at radius 3 is 2.46 bits per heavy atom. The Balaban J connectivity index is 1.13. The number of likely N-dealkylation sites (tertiary alicyclic amines) is 2. The molecule has 4 aromatic rings. The lowest BCUT2D eigenvalue weighted by Gasteiger charge is -2.33. The monoisotopic (exact) mass is 813 g/mol. The molecule has 0 saturated carbocycles. The van der Waals surface area contributed by atoms with Crippen molar-refractivity contribution in [3.8, 4) is 34.4 Å². The molecule has 0 spiro atoms. The normalized spacial score (nSPS) is 16.4. The van der Waals surface area contributed by atoms with Crippen molar-refractivity contribution in [1.82, 2.24) is 20.1 Å². The highest BCUT2D eigenvalue weighted by Crippen LogP contribution is 2.39. The highest BCUT2D eigenvalue weighted by atomic mass is 35.5. The number of pyridine rings is 1. The Morgan fingerprint density at radius 2 is 1.68 bits per heavy atom. The second-order valence-corrected chi connectivity index (χ2v) is 15.5. The lowest BCUT2D eigenvalue weighted by atomic mass is 9.96. The predicted octanol–water partition coefficient (Wildman–Crippen LogP) is 8.20. The van der Waals surface area contributed by atoms with Crippen LogP contribution in [0.5, 0.6) is 17.2 Å². The third-order valence-electron chi connectivity index (χ3n) is 10.7. The molecule has 2 saturated heterocycles. The summed E-state index contributed by atoms with van der Waals surface area (Å²) in [7, 11) is 0. The molecule has 3 heterocycles. The number of carboxylic acid groups (broad SMARTS) is 1. The second-order valence-electron chi connectivity index (χ2n) is 14.7. The zero-order valence-electron chi connectivity index (χ0n) is 32.4. The second kappa shape index (κ2) is 20.0. The van der Waals surface area contributed by atoms with Gasteiger partial charge >= 0.3 is 5.97 Å². The van der Waals surface area contributed by atoms with Gasteiger partial charge in [-0.05, 0) is 80.5 Å². The van der Waals surface area contributed by atoms with Crippen LogP contribution in [0, 0.1) is 18.3 Å². The molecule has 0 aliphatic carbocycles. The predicted molar refractivity (Wildman–Crippen MR) is 220 cm³/mol. The summed E-state index contributed by atoms with van der Waals surface area (Å²) in [6, 6.07) is 18.9. The fourth-order valence-corrected chi connectivity index (χ4v) is 8.11. The molecule has 1 unspecified atom stereocenters. The molecule has 1 amide bonds. The molecular formula is C44H49Cl2N5O6. The van der Waals surface area contributed by atoms with Gasteiger partial charge in [0.25, 0.3) is 0 Å². The number of rotatable bonds is 16. The van der Waals surface area contributed by atoms with Crippen LogP contribution in [0.2, 0.25) is 10.0 Å². The number of ether oxygens (including phenoxy) is 3. The molecule has 0 bridgehead atoms. The molecule has 1 aromatic heterocycles. The topological polar surface area (TPSA) is 137 Å². The first-order valence-corrected chi connectivity index (χ1v) is 20.2. The van der Waals surface area contributed by atoms with E-state index < -0.39 is 12.0 Å². The van der Waals surface area contributed by atoms with E-state index in [2.05, 4.69) is 21.3 Å². The standard InChI is InChI=1S/C44H49Cl2N5O6/c1-29-33(8-5-9-36(29)37-10-6-12-40(43(37)46)55-19-7-15-50-17-13-35(14-18-50)49-30(2)52)28-57-42-22-41(56-27-32-20-31(23-47)24-48-25-32)34(21-38(42)45)26-51-16-4-3-11-39(51)44(53)54/h5-6,8-10,12,20-22,24-25,35,39H,3-4,7,11,13-19,26-28H2,1-2H3,(H,49,52)(H,53,54). The largest absolute Gasteiger partial charge is 0.492 e. The molecule has 2 aliphatic rings. The van der Waals surface area contributed by atoms with Crippen LogP contribution in [0.3, 0.4) is 0 Å². The SMILES string of the molecule is CC(=O)NC1CCN(CCCOc2cccc(-c3cccc(COc4cc(OCc5cncc(C#N)c5)c(CN5CCCCC5C(=O)O)cc4Cl)c3C)c2Cl)CC1. The van der Waals surface area contributed by atoms with E-state index in [0.29, 0.717) is 59.0 Å². The maximum Gasteiger partial charge on any atom is 0.320 e. The Hall–Kier alpha value is -4.86. The van der Waals surface area contributed by atoms with E-state index >= 15 is 0 Å². The molecule has 2 N–H and O–H groups in total. The molecule has 1 atom stereocenters. The summed E-state index contributed by atoms with van der Waals surface area (Å²) >= 11 is 13.8. The zero-order valence-corrected chi connectivity index (χ0v) is 34.0. The van der Waals surface area contributed by atoms with Gasteiger partial charge in [-0.2, -0.15) is 5.26 Å². The molecule has 6 rings (SSSR count).